The third kappa shape index (κ3) is 5.36. The van der Waals surface area contributed by atoms with E-state index in [0.717, 1.165) is 16.9 Å². The molecule has 1 aliphatic rings. The van der Waals surface area contributed by atoms with E-state index >= 15 is 0 Å². The van der Waals surface area contributed by atoms with Crippen LogP contribution in [0.25, 0.3) is 0 Å². The summed E-state index contributed by atoms with van der Waals surface area (Å²) in [6.07, 6.45) is 1.23. The number of carbonyl (C=O) groups is 4. The fourth-order valence-corrected chi connectivity index (χ4v) is 3.45. The van der Waals surface area contributed by atoms with Crippen LogP contribution in [0, 0.1) is 0 Å². The van der Waals surface area contributed by atoms with Crippen LogP contribution in [0.1, 0.15) is 64.6 Å². The molecule has 0 aromatic heterocycles. The molecule has 1 unspecified atom stereocenters. The lowest BCUT2D eigenvalue weighted by Gasteiger charge is -2.15. The summed E-state index contributed by atoms with van der Waals surface area (Å²) in [7, 11) is 0. The van der Waals surface area contributed by atoms with Crippen LogP contribution in [0.3, 0.4) is 0 Å². The summed E-state index contributed by atoms with van der Waals surface area (Å²) >= 11 is 0. The third-order valence-electron chi connectivity index (χ3n) is 5.27. The molecule has 0 bridgehead atoms. The van der Waals surface area contributed by atoms with E-state index in [1.165, 1.54) is 5.56 Å². The highest BCUT2D eigenvalue weighted by Gasteiger charge is 2.34. The van der Waals surface area contributed by atoms with Crippen molar-refractivity contribution in [2.45, 2.75) is 39.2 Å². The monoisotopic (exact) mass is 422 g/mol. The van der Waals surface area contributed by atoms with Crippen LogP contribution in [-0.4, -0.2) is 41.7 Å². The molecule has 31 heavy (non-hydrogen) atoms. The van der Waals surface area contributed by atoms with Gasteiger partial charge in [0.1, 0.15) is 0 Å². The molecular formula is C24H26N2O5. The van der Waals surface area contributed by atoms with Gasteiger partial charge in [-0.15, -0.1) is 0 Å². The molecule has 0 fully saturated rings. The molecular weight excluding hydrogens is 396 g/mol. The van der Waals surface area contributed by atoms with Crippen molar-refractivity contribution in [2.75, 3.05) is 13.2 Å². The zero-order chi connectivity index (χ0) is 22.4. The van der Waals surface area contributed by atoms with Crippen molar-refractivity contribution in [1.82, 2.24) is 10.2 Å². The summed E-state index contributed by atoms with van der Waals surface area (Å²) in [4.78, 5) is 49.7. The summed E-state index contributed by atoms with van der Waals surface area (Å²) in [5, 5.41) is 2.80. The van der Waals surface area contributed by atoms with Gasteiger partial charge >= 0.3 is 5.97 Å². The lowest BCUT2D eigenvalue weighted by molar-refractivity contribution is -0.148. The van der Waals surface area contributed by atoms with E-state index in [1.807, 2.05) is 31.2 Å². The molecule has 1 aliphatic heterocycles. The Labute approximate surface area is 181 Å². The normalized spacial score (nSPS) is 13.7. The van der Waals surface area contributed by atoms with Crippen molar-refractivity contribution in [3.8, 4) is 0 Å². The Bertz CT molecular complexity index is 949. The number of carbonyl (C=O) groups excluding carboxylic acids is 4. The molecule has 0 spiro atoms. The van der Waals surface area contributed by atoms with Gasteiger partial charge in [-0.2, -0.15) is 0 Å². The van der Waals surface area contributed by atoms with Crippen LogP contribution in [0.2, 0.25) is 0 Å². The zero-order valence-electron chi connectivity index (χ0n) is 17.7. The highest BCUT2D eigenvalue weighted by atomic mass is 16.5. The van der Waals surface area contributed by atoms with E-state index < -0.39 is 5.97 Å². The van der Waals surface area contributed by atoms with Gasteiger partial charge in [0, 0.05) is 13.0 Å². The highest BCUT2D eigenvalue weighted by Crippen LogP contribution is 2.22. The molecule has 7 heteroatoms. The molecule has 0 saturated carbocycles. The number of amides is 3. The molecule has 7 nitrogen and oxygen atoms in total. The van der Waals surface area contributed by atoms with Gasteiger partial charge in [0.15, 0.2) is 6.61 Å². The van der Waals surface area contributed by atoms with E-state index in [4.69, 9.17) is 4.74 Å². The van der Waals surface area contributed by atoms with Crippen LogP contribution in [0.4, 0.5) is 0 Å². The van der Waals surface area contributed by atoms with Gasteiger partial charge in [-0.1, -0.05) is 43.3 Å². The van der Waals surface area contributed by atoms with Gasteiger partial charge in [-0.25, -0.2) is 0 Å². The molecule has 0 aliphatic carbocycles. The first-order valence-electron chi connectivity index (χ1n) is 10.4. The number of nitrogens with one attached hydrogen (secondary N) is 1. The maximum Gasteiger partial charge on any atom is 0.306 e. The minimum absolute atomic E-state index is 0.00865. The fraction of sp³-hybridized carbons (Fsp3) is 0.333. The standard InChI is InChI=1S/C24H26N2O5/c1-3-17-10-12-18(13-11-17)16(2)25-21(27)15-31-22(28)9-6-14-26-23(29)19-7-4-5-8-20(19)24(26)30/h4-5,7-8,10-13,16H,3,6,9,14-15H2,1-2H3,(H,25,27). The van der Waals surface area contributed by atoms with Crippen LogP contribution >= 0.6 is 0 Å². The first kappa shape index (κ1) is 22.2. The first-order valence-corrected chi connectivity index (χ1v) is 10.4. The second kappa shape index (κ2) is 10.0. The van der Waals surface area contributed by atoms with Crippen LogP contribution in [0.15, 0.2) is 48.5 Å². The van der Waals surface area contributed by atoms with E-state index in [0.29, 0.717) is 11.1 Å². The number of rotatable bonds is 9. The minimum atomic E-state index is -0.549. The highest BCUT2D eigenvalue weighted by molar-refractivity contribution is 6.21. The molecule has 0 saturated heterocycles. The lowest BCUT2D eigenvalue weighted by Crippen LogP contribution is -2.32. The van der Waals surface area contributed by atoms with E-state index in [2.05, 4.69) is 12.2 Å². The molecule has 3 amide bonds. The largest absolute Gasteiger partial charge is 0.456 e. The topological polar surface area (TPSA) is 92.8 Å². The number of esters is 1. The van der Waals surface area contributed by atoms with Crippen molar-refractivity contribution in [2.24, 2.45) is 0 Å². The Hall–Kier alpha value is -3.48. The summed E-state index contributed by atoms with van der Waals surface area (Å²) < 4.78 is 5.02. The number of ether oxygens (including phenoxy) is 1. The SMILES string of the molecule is CCc1ccc(C(C)NC(=O)COC(=O)CCCN2C(=O)c3ccccc3C2=O)cc1. The second-order valence-corrected chi connectivity index (χ2v) is 7.46. The van der Waals surface area contributed by atoms with Gasteiger partial charge in [-0.3, -0.25) is 24.1 Å². The summed E-state index contributed by atoms with van der Waals surface area (Å²) in [5.41, 5.74) is 2.95. The molecule has 2 aromatic carbocycles. The number of hydrogen-bond donors (Lipinski definition) is 1. The third-order valence-corrected chi connectivity index (χ3v) is 5.27. The number of imide groups is 1. The summed E-state index contributed by atoms with van der Waals surface area (Å²) in [6, 6.07) is 14.4. The predicted molar refractivity (Wildman–Crippen MR) is 114 cm³/mol. The average molecular weight is 422 g/mol. The van der Waals surface area contributed by atoms with E-state index in [9.17, 15) is 19.2 Å². The van der Waals surface area contributed by atoms with Crippen molar-refractivity contribution in [3.63, 3.8) is 0 Å². The van der Waals surface area contributed by atoms with Gasteiger partial charge < -0.3 is 10.1 Å². The van der Waals surface area contributed by atoms with E-state index in [1.54, 1.807) is 24.3 Å². The van der Waals surface area contributed by atoms with Crippen molar-refractivity contribution in [3.05, 3.63) is 70.8 Å². The Morgan fingerprint density at radius 1 is 1.00 bits per heavy atom. The average Bonchev–Trinajstić information content (AvgIpc) is 3.02. The van der Waals surface area contributed by atoms with Gasteiger partial charge in [-0.05, 0) is 43.0 Å². The van der Waals surface area contributed by atoms with Crippen molar-refractivity contribution >= 4 is 23.7 Å². The maximum absolute atomic E-state index is 12.3. The molecule has 1 N–H and O–H groups in total. The number of fused-ring (bicyclic) bond motifs is 1. The fourth-order valence-electron chi connectivity index (χ4n) is 3.45. The quantitative estimate of drug-likeness (QED) is 0.495. The zero-order valence-corrected chi connectivity index (χ0v) is 17.7. The lowest BCUT2D eigenvalue weighted by atomic mass is 10.1. The number of benzene rings is 2. The molecule has 0 radical (unpaired) electrons. The van der Waals surface area contributed by atoms with Gasteiger partial charge in [0.05, 0.1) is 17.2 Å². The Morgan fingerprint density at radius 3 is 2.19 bits per heavy atom. The van der Waals surface area contributed by atoms with Crippen LogP contribution in [-0.2, 0) is 20.7 Å². The van der Waals surface area contributed by atoms with Crippen molar-refractivity contribution in [1.29, 1.82) is 0 Å². The Kier molecular flexibility index (Phi) is 7.18. The molecule has 2 aromatic rings. The second-order valence-electron chi connectivity index (χ2n) is 7.46. The number of hydrogen-bond acceptors (Lipinski definition) is 5. The van der Waals surface area contributed by atoms with Gasteiger partial charge in [0.25, 0.3) is 17.7 Å². The first-order chi connectivity index (χ1) is 14.9. The molecule has 3 rings (SSSR count). The Morgan fingerprint density at radius 2 is 1.61 bits per heavy atom. The summed E-state index contributed by atoms with van der Waals surface area (Å²) in [5.74, 6) is -1.64. The molecule has 1 heterocycles. The molecule has 1 atom stereocenters. The van der Waals surface area contributed by atoms with E-state index in [-0.39, 0.29) is 49.8 Å². The Balaban J connectivity index is 1.38. The predicted octanol–water partition coefficient (Wildman–Crippen LogP) is 3.05. The van der Waals surface area contributed by atoms with Gasteiger partial charge in [0.2, 0.25) is 0 Å². The maximum atomic E-state index is 12.3. The number of aryl methyl sites for hydroxylation is 1. The summed E-state index contributed by atoms with van der Waals surface area (Å²) in [6.45, 7) is 3.69. The minimum Gasteiger partial charge on any atom is -0.456 e. The van der Waals surface area contributed by atoms with Crippen LogP contribution in [0.5, 0.6) is 0 Å². The van der Waals surface area contributed by atoms with Crippen molar-refractivity contribution < 1.29 is 23.9 Å². The smallest absolute Gasteiger partial charge is 0.306 e. The molecule has 162 valence electrons. The number of nitrogens with zero attached hydrogens (tertiary/aromatic N) is 1. The van der Waals surface area contributed by atoms with Crippen LogP contribution < -0.4 is 5.32 Å².